The van der Waals surface area contributed by atoms with E-state index in [2.05, 4.69) is 11.3 Å². The second-order valence-electron chi connectivity index (χ2n) is 3.97. The summed E-state index contributed by atoms with van der Waals surface area (Å²) in [6.07, 6.45) is -2.05. The predicted octanol–water partition coefficient (Wildman–Crippen LogP) is -0.456. The Morgan fingerprint density at radius 1 is 1.53 bits per heavy atom. The molecule has 2 saturated heterocycles. The molecule has 92 valence electrons. The lowest BCUT2D eigenvalue weighted by atomic mass is 9.80. The van der Waals surface area contributed by atoms with E-state index in [4.69, 9.17) is 38.4 Å². The first-order valence-electron chi connectivity index (χ1n) is 5.13. The van der Waals surface area contributed by atoms with Crippen LogP contribution in [0.3, 0.4) is 0 Å². The molecule has 17 heavy (non-hydrogen) atoms. The second kappa shape index (κ2) is 4.77. The minimum absolute atomic E-state index is 0.636. The van der Waals surface area contributed by atoms with Crippen molar-refractivity contribution in [1.29, 1.82) is 0 Å². The van der Waals surface area contributed by atoms with Crippen molar-refractivity contribution in [2.45, 2.75) is 43.3 Å². The molecular weight excluding hydrogens is 246 g/mol. The lowest BCUT2D eigenvalue weighted by molar-refractivity contribution is -0.255. The first-order chi connectivity index (χ1) is 8.05. The van der Waals surface area contributed by atoms with Gasteiger partial charge >= 0.3 is 0 Å². The smallest absolute Gasteiger partial charge is 0.273 e. The van der Waals surface area contributed by atoms with E-state index < -0.39 is 36.4 Å². The minimum atomic E-state index is -1.20. The summed E-state index contributed by atoms with van der Waals surface area (Å²) in [6.45, 7) is 0.680. The molecule has 3 unspecified atom stereocenters. The van der Waals surface area contributed by atoms with Crippen LogP contribution < -0.4 is 0 Å². The molecule has 0 bridgehead atoms. The molecule has 6 atom stereocenters. The van der Waals surface area contributed by atoms with Gasteiger partial charge in [0.1, 0.15) is 20.1 Å². The number of fused-ring (bicyclic) bond motifs is 1. The summed E-state index contributed by atoms with van der Waals surface area (Å²) in [4.78, 5) is 0. The van der Waals surface area contributed by atoms with Crippen LogP contribution in [-0.2, 0) is 18.9 Å². The molecule has 0 aliphatic carbocycles. The third-order valence-corrected chi connectivity index (χ3v) is 3.00. The number of halogens is 1. The van der Waals surface area contributed by atoms with E-state index in [1.807, 2.05) is 0 Å². The molecule has 0 saturated carbocycles. The Morgan fingerprint density at radius 2 is 2.24 bits per heavy atom. The molecule has 2 rings (SSSR count). The first kappa shape index (κ1) is 13.2. The van der Waals surface area contributed by atoms with Crippen molar-refractivity contribution in [1.82, 2.24) is 0 Å². The maximum absolute atomic E-state index is 9.62. The van der Waals surface area contributed by atoms with Crippen LogP contribution in [0.15, 0.2) is 0 Å². The number of methoxy groups -OCH3 is 1. The molecule has 0 aromatic rings. The van der Waals surface area contributed by atoms with Crippen LogP contribution in [0.2, 0.25) is 0 Å². The Labute approximate surface area is 106 Å². The second-order valence-corrected chi connectivity index (χ2v) is 4.16. The van der Waals surface area contributed by atoms with E-state index in [0.717, 1.165) is 0 Å². The van der Waals surface area contributed by atoms with Gasteiger partial charge in [0.15, 0.2) is 5.60 Å². The molecule has 5 nitrogen and oxygen atoms in total. The molecule has 0 aromatic heterocycles. The van der Waals surface area contributed by atoms with Crippen LogP contribution in [0, 0.1) is 11.3 Å². The van der Waals surface area contributed by atoms with Gasteiger partial charge in [-0.1, -0.05) is 0 Å². The normalized spacial score (nSPS) is 46.1. The van der Waals surface area contributed by atoms with Gasteiger partial charge in [0.05, 0.1) is 12.1 Å². The van der Waals surface area contributed by atoms with Crippen LogP contribution in [0.4, 0.5) is 0 Å². The Balaban J connectivity index is 2.33. The molecule has 2 aliphatic heterocycles. The fraction of sp³-hybridized carbons (Fsp3) is 0.800. The predicted molar refractivity (Wildman–Crippen MR) is 59.2 cm³/mol. The Kier molecular flexibility index (Phi) is 3.69. The SMILES string of the molecule is [B][C@@H]1O[C@H](C(C)O)C2OC(OC)O[C@]21C#CCl. The summed E-state index contributed by atoms with van der Waals surface area (Å²) >= 11 is 5.42. The Hall–Kier alpha value is -0.285. The van der Waals surface area contributed by atoms with Gasteiger partial charge in [-0.15, -0.1) is 0 Å². The van der Waals surface area contributed by atoms with E-state index in [0.29, 0.717) is 0 Å². The van der Waals surface area contributed by atoms with E-state index in [1.165, 1.54) is 7.11 Å². The number of aliphatic hydroxyl groups excluding tert-OH is 1. The molecule has 0 amide bonds. The molecule has 2 fully saturated rings. The van der Waals surface area contributed by atoms with Crippen LogP contribution in [0.1, 0.15) is 6.92 Å². The summed E-state index contributed by atoms with van der Waals surface area (Å²) in [7, 11) is 7.26. The Morgan fingerprint density at radius 3 is 2.76 bits per heavy atom. The highest BCUT2D eigenvalue weighted by Crippen LogP contribution is 2.42. The first-order valence-corrected chi connectivity index (χ1v) is 5.51. The third-order valence-electron chi connectivity index (χ3n) is 2.91. The summed E-state index contributed by atoms with van der Waals surface area (Å²) in [5.41, 5.74) is -1.20. The van der Waals surface area contributed by atoms with Gasteiger partial charge in [-0.05, 0) is 24.4 Å². The van der Waals surface area contributed by atoms with Gasteiger partial charge in [0, 0.05) is 12.5 Å². The molecule has 2 radical (unpaired) electrons. The minimum Gasteiger partial charge on any atom is -0.391 e. The largest absolute Gasteiger partial charge is 0.391 e. The third kappa shape index (κ3) is 1.97. The van der Waals surface area contributed by atoms with E-state index >= 15 is 0 Å². The van der Waals surface area contributed by atoms with E-state index in [9.17, 15) is 5.11 Å². The number of ether oxygens (including phenoxy) is 4. The van der Waals surface area contributed by atoms with E-state index in [-0.39, 0.29) is 0 Å². The van der Waals surface area contributed by atoms with E-state index in [1.54, 1.807) is 6.92 Å². The van der Waals surface area contributed by atoms with Crippen molar-refractivity contribution >= 4 is 19.4 Å². The maximum Gasteiger partial charge on any atom is 0.273 e. The lowest BCUT2D eigenvalue weighted by Crippen LogP contribution is -2.46. The number of rotatable bonds is 2. The fourth-order valence-electron chi connectivity index (χ4n) is 2.08. The molecule has 2 heterocycles. The summed E-state index contributed by atoms with van der Waals surface area (Å²) in [5, 5.41) is 11.8. The average molecular weight is 258 g/mol. The molecule has 1 N–H and O–H groups in total. The molecule has 2 aliphatic rings. The molecule has 0 spiro atoms. The number of hydrogen-bond donors (Lipinski definition) is 1. The number of aliphatic hydroxyl groups is 1. The molecule has 7 heteroatoms. The van der Waals surface area contributed by atoms with Crippen molar-refractivity contribution in [2.24, 2.45) is 0 Å². The van der Waals surface area contributed by atoms with Crippen molar-refractivity contribution in [3.05, 3.63) is 0 Å². The lowest BCUT2D eigenvalue weighted by Gasteiger charge is -2.23. The molecule has 0 aromatic carbocycles. The average Bonchev–Trinajstić information content (AvgIpc) is 2.75. The van der Waals surface area contributed by atoms with Gasteiger partial charge in [-0.3, -0.25) is 0 Å². The van der Waals surface area contributed by atoms with Gasteiger partial charge < -0.3 is 24.1 Å². The van der Waals surface area contributed by atoms with Crippen LogP contribution >= 0.6 is 11.6 Å². The quantitative estimate of drug-likeness (QED) is 0.537. The fourth-order valence-corrected chi connectivity index (χ4v) is 2.23. The maximum atomic E-state index is 9.62. The Bertz CT molecular complexity index is 354. The van der Waals surface area contributed by atoms with Crippen molar-refractivity contribution < 1.29 is 24.1 Å². The zero-order valence-corrected chi connectivity index (χ0v) is 10.2. The van der Waals surface area contributed by atoms with Crippen molar-refractivity contribution in [3.63, 3.8) is 0 Å². The van der Waals surface area contributed by atoms with Crippen LogP contribution in [0.25, 0.3) is 0 Å². The molecular formula is C10H12BClO5. The highest BCUT2D eigenvalue weighted by Gasteiger charge is 2.63. The van der Waals surface area contributed by atoms with Crippen molar-refractivity contribution in [3.8, 4) is 11.3 Å². The summed E-state index contributed by atoms with van der Waals surface area (Å²) < 4.78 is 21.3. The highest BCUT2D eigenvalue weighted by atomic mass is 35.5. The monoisotopic (exact) mass is 258 g/mol. The summed E-state index contributed by atoms with van der Waals surface area (Å²) in [6, 6.07) is -0.863. The number of hydrogen-bond acceptors (Lipinski definition) is 5. The van der Waals surface area contributed by atoms with Gasteiger partial charge in [-0.2, -0.15) is 0 Å². The standard InChI is InChI=1S/C10H12BClO5/c1-5(13)6-7-10(3-4-12,8(11)15-6)17-9(14-2)16-7/h5-9,13H,1-2H3/t5?,6-,7?,8-,9?,10-/m1/s1. The summed E-state index contributed by atoms with van der Waals surface area (Å²) in [5.74, 6) is 2.65. The van der Waals surface area contributed by atoms with Crippen molar-refractivity contribution in [2.75, 3.05) is 7.11 Å². The highest BCUT2D eigenvalue weighted by molar-refractivity contribution is 6.30. The van der Waals surface area contributed by atoms with Gasteiger partial charge in [0.25, 0.3) is 6.48 Å². The van der Waals surface area contributed by atoms with Gasteiger partial charge in [0.2, 0.25) is 0 Å². The topological polar surface area (TPSA) is 57.2 Å². The van der Waals surface area contributed by atoms with Crippen LogP contribution in [-0.4, -0.2) is 56.5 Å². The zero-order valence-electron chi connectivity index (χ0n) is 9.42. The van der Waals surface area contributed by atoms with Gasteiger partial charge in [-0.25, -0.2) is 0 Å². The van der Waals surface area contributed by atoms with Crippen LogP contribution in [0.5, 0.6) is 0 Å². The zero-order chi connectivity index (χ0) is 12.6.